The van der Waals surface area contributed by atoms with Gasteiger partial charge in [-0.25, -0.2) is 0 Å². The number of para-hydroxylation sites is 1. The zero-order valence-electron chi connectivity index (χ0n) is 11.1. The number of carbonyl (C=O) groups is 1. The number of rotatable bonds is 2. The molecular weight excluding hydrogens is 236 g/mol. The average molecular weight is 254 g/mol. The maximum absolute atomic E-state index is 12.3. The Morgan fingerprint density at radius 1 is 1.37 bits per heavy atom. The van der Waals surface area contributed by atoms with Crippen molar-refractivity contribution in [3.05, 3.63) is 47.7 Å². The molecule has 1 aliphatic rings. The fourth-order valence-electron chi connectivity index (χ4n) is 2.68. The van der Waals surface area contributed by atoms with Gasteiger partial charge in [0.2, 0.25) is 5.91 Å². The minimum absolute atomic E-state index is 0.220. The zero-order valence-corrected chi connectivity index (χ0v) is 11.1. The van der Waals surface area contributed by atoms with Crippen LogP contribution in [0, 0.1) is 0 Å². The van der Waals surface area contributed by atoms with Crippen LogP contribution in [0.1, 0.15) is 18.9 Å². The Kier molecular flexibility index (Phi) is 3.11. The number of hydrogen-bond donors (Lipinski definition) is 1. The van der Waals surface area contributed by atoms with Gasteiger partial charge in [-0.3, -0.25) is 4.79 Å². The molecule has 1 aromatic heterocycles. The van der Waals surface area contributed by atoms with Crippen LogP contribution < -0.4 is 0 Å². The summed E-state index contributed by atoms with van der Waals surface area (Å²) in [6.07, 6.45) is 5.63. The van der Waals surface area contributed by atoms with Crippen molar-refractivity contribution >= 4 is 16.8 Å². The molecule has 0 aliphatic carbocycles. The summed E-state index contributed by atoms with van der Waals surface area (Å²) in [6, 6.07) is 8.12. The molecule has 3 nitrogen and oxygen atoms in total. The van der Waals surface area contributed by atoms with E-state index >= 15 is 0 Å². The number of carbonyl (C=O) groups excluding carboxylic acids is 1. The van der Waals surface area contributed by atoms with Gasteiger partial charge in [-0.1, -0.05) is 29.8 Å². The highest BCUT2D eigenvalue weighted by molar-refractivity contribution is 5.89. The van der Waals surface area contributed by atoms with E-state index in [0.717, 1.165) is 36.0 Å². The van der Waals surface area contributed by atoms with Crippen molar-refractivity contribution in [2.75, 3.05) is 13.1 Å². The smallest absolute Gasteiger partial charge is 0.227 e. The fourth-order valence-corrected chi connectivity index (χ4v) is 2.68. The van der Waals surface area contributed by atoms with Crippen molar-refractivity contribution in [1.82, 2.24) is 9.88 Å². The summed E-state index contributed by atoms with van der Waals surface area (Å²) in [5.41, 5.74) is 3.48. The molecular formula is C16H18N2O. The van der Waals surface area contributed by atoms with E-state index in [1.807, 2.05) is 29.3 Å². The van der Waals surface area contributed by atoms with E-state index in [0.29, 0.717) is 6.42 Å². The van der Waals surface area contributed by atoms with E-state index in [1.165, 1.54) is 5.57 Å². The van der Waals surface area contributed by atoms with Crippen LogP contribution in [0.5, 0.6) is 0 Å². The summed E-state index contributed by atoms with van der Waals surface area (Å²) in [6.45, 7) is 3.71. The van der Waals surface area contributed by atoms with Gasteiger partial charge in [0.05, 0.1) is 6.42 Å². The number of nitrogens with zero attached hydrogens (tertiary/aromatic N) is 1. The highest BCUT2D eigenvalue weighted by Crippen LogP contribution is 2.19. The summed E-state index contributed by atoms with van der Waals surface area (Å²) in [5.74, 6) is 0.220. The Bertz CT molecular complexity index is 639. The predicted molar refractivity (Wildman–Crippen MR) is 77.0 cm³/mol. The molecule has 3 rings (SSSR count). The second-order valence-electron chi connectivity index (χ2n) is 5.19. The monoisotopic (exact) mass is 254 g/mol. The van der Waals surface area contributed by atoms with E-state index < -0.39 is 0 Å². The fraction of sp³-hybridized carbons (Fsp3) is 0.312. The van der Waals surface area contributed by atoms with Crippen LogP contribution in [0.4, 0.5) is 0 Å². The molecule has 2 aromatic rings. The molecule has 1 N–H and O–H groups in total. The van der Waals surface area contributed by atoms with Gasteiger partial charge in [0, 0.05) is 30.2 Å². The number of nitrogens with one attached hydrogen (secondary N) is 1. The third-order valence-corrected chi connectivity index (χ3v) is 3.70. The molecule has 1 amide bonds. The summed E-state index contributed by atoms with van der Waals surface area (Å²) in [5, 5.41) is 1.15. The van der Waals surface area contributed by atoms with Crippen LogP contribution in [0.25, 0.3) is 10.9 Å². The second-order valence-corrected chi connectivity index (χ2v) is 5.19. The Balaban J connectivity index is 1.78. The normalized spacial score (nSPS) is 15.6. The first-order valence-corrected chi connectivity index (χ1v) is 6.72. The zero-order chi connectivity index (χ0) is 13.2. The first-order chi connectivity index (χ1) is 9.24. The van der Waals surface area contributed by atoms with Gasteiger partial charge in [0.15, 0.2) is 0 Å². The Morgan fingerprint density at radius 3 is 3.05 bits per heavy atom. The molecule has 98 valence electrons. The number of hydrogen-bond acceptors (Lipinski definition) is 1. The summed E-state index contributed by atoms with van der Waals surface area (Å²) in [4.78, 5) is 17.5. The molecule has 0 spiro atoms. The Labute approximate surface area is 112 Å². The first-order valence-electron chi connectivity index (χ1n) is 6.72. The molecule has 0 bridgehead atoms. The summed E-state index contributed by atoms with van der Waals surface area (Å²) < 4.78 is 0. The van der Waals surface area contributed by atoms with Crippen molar-refractivity contribution in [2.24, 2.45) is 0 Å². The molecule has 0 unspecified atom stereocenters. The highest BCUT2D eigenvalue weighted by Gasteiger charge is 2.17. The maximum atomic E-state index is 12.3. The molecule has 2 heterocycles. The van der Waals surface area contributed by atoms with Gasteiger partial charge in [-0.2, -0.15) is 0 Å². The van der Waals surface area contributed by atoms with Crippen LogP contribution >= 0.6 is 0 Å². The third kappa shape index (κ3) is 2.41. The second kappa shape index (κ2) is 4.92. The first kappa shape index (κ1) is 12.0. The lowest BCUT2D eigenvalue weighted by molar-refractivity contribution is -0.130. The molecule has 1 aliphatic heterocycles. The van der Waals surface area contributed by atoms with Crippen molar-refractivity contribution in [3.8, 4) is 0 Å². The maximum Gasteiger partial charge on any atom is 0.227 e. The van der Waals surface area contributed by atoms with E-state index in [-0.39, 0.29) is 5.91 Å². The van der Waals surface area contributed by atoms with Gasteiger partial charge in [-0.15, -0.1) is 0 Å². The van der Waals surface area contributed by atoms with Crippen LogP contribution in [-0.2, 0) is 11.2 Å². The molecule has 0 saturated carbocycles. The molecule has 1 aromatic carbocycles. The predicted octanol–water partition coefficient (Wildman–Crippen LogP) is 2.89. The minimum atomic E-state index is 0.220. The quantitative estimate of drug-likeness (QED) is 0.822. The van der Waals surface area contributed by atoms with Gasteiger partial charge in [0.1, 0.15) is 0 Å². The molecule has 19 heavy (non-hydrogen) atoms. The number of fused-ring (bicyclic) bond motifs is 1. The number of H-pyrrole nitrogens is 1. The Hall–Kier alpha value is -2.03. The van der Waals surface area contributed by atoms with Crippen LogP contribution in [0.15, 0.2) is 42.1 Å². The van der Waals surface area contributed by atoms with E-state index in [4.69, 9.17) is 0 Å². The Morgan fingerprint density at radius 2 is 2.21 bits per heavy atom. The molecule has 0 fully saturated rings. The van der Waals surface area contributed by atoms with E-state index in [2.05, 4.69) is 24.1 Å². The van der Waals surface area contributed by atoms with Crippen LogP contribution in [-0.4, -0.2) is 28.9 Å². The average Bonchev–Trinajstić information content (AvgIpc) is 2.82. The van der Waals surface area contributed by atoms with E-state index in [9.17, 15) is 4.79 Å². The number of benzene rings is 1. The molecule has 3 heteroatoms. The summed E-state index contributed by atoms with van der Waals surface area (Å²) in [7, 11) is 0. The lowest BCUT2D eigenvalue weighted by Crippen LogP contribution is -2.36. The minimum Gasteiger partial charge on any atom is -0.361 e. The highest BCUT2D eigenvalue weighted by atomic mass is 16.2. The molecule has 0 saturated heterocycles. The number of aromatic nitrogens is 1. The van der Waals surface area contributed by atoms with Crippen molar-refractivity contribution < 1.29 is 4.79 Å². The lowest BCUT2D eigenvalue weighted by atomic mass is 10.1. The van der Waals surface area contributed by atoms with Gasteiger partial charge in [0.25, 0.3) is 0 Å². The van der Waals surface area contributed by atoms with E-state index in [1.54, 1.807) is 0 Å². The van der Waals surface area contributed by atoms with Gasteiger partial charge < -0.3 is 9.88 Å². The summed E-state index contributed by atoms with van der Waals surface area (Å²) >= 11 is 0. The van der Waals surface area contributed by atoms with Crippen molar-refractivity contribution in [2.45, 2.75) is 19.8 Å². The van der Waals surface area contributed by atoms with Gasteiger partial charge >= 0.3 is 0 Å². The van der Waals surface area contributed by atoms with Crippen LogP contribution in [0.3, 0.4) is 0 Å². The number of amides is 1. The topological polar surface area (TPSA) is 36.1 Å². The molecule has 0 radical (unpaired) electrons. The SMILES string of the molecule is CC1=CCCN(C(=O)Cc2c[nH]c3ccccc23)C1. The molecule has 0 atom stereocenters. The number of aromatic amines is 1. The van der Waals surface area contributed by atoms with Crippen molar-refractivity contribution in [1.29, 1.82) is 0 Å². The van der Waals surface area contributed by atoms with Crippen molar-refractivity contribution in [3.63, 3.8) is 0 Å². The van der Waals surface area contributed by atoms with Crippen LogP contribution in [0.2, 0.25) is 0 Å². The van der Waals surface area contributed by atoms with Gasteiger partial charge in [-0.05, 0) is 25.0 Å². The third-order valence-electron chi connectivity index (χ3n) is 3.70. The lowest BCUT2D eigenvalue weighted by Gasteiger charge is -2.26. The largest absolute Gasteiger partial charge is 0.361 e. The standard InChI is InChI=1S/C16H18N2O/c1-12-5-4-8-18(11-12)16(19)9-13-10-17-15-7-3-2-6-14(13)15/h2-3,5-7,10,17H,4,8-9,11H2,1H3.